The van der Waals surface area contributed by atoms with Crippen molar-refractivity contribution in [2.45, 2.75) is 271 Å². The van der Waals surface area contributed by atoms with Crippen molar-refractivity contribution in [3.63, 3.8) is 0 Å². The summed E-state index contributed by atoms with van der Waals surface area (Å²) >= 11 is 0. The van der Waals surface area contributed by atoms with Gasteiger partial charge in [0, 0.05) is 6.21 Å². The van der Waals surface area contributed by atoms with Crippen LogP contribution in [0.15, 0.2) is 58.5 Å². The number of hydrogen-bond donors (Lipinski definition) is 0. The maximum Gasteiger partial charge on any atom is 0.0636 e. The molecule has 0 bridgehead atoms. The number of aryl methyl sites for hydroxylation is 2. The Morgan fingerprint density at radius 2 is 0.672 bits per heavy atom. The van der Waals surface area contributed by atoms with E-state index >= 15 is 0 Å². The molecule has 0 aliphatic heterocycles. The number of unbranched alkanes of at least 4 members (excludes halogenated alkanes) is 33. The van der Waals surface area contributed by atoms with Crippen molar-refractivity contribution in [1.29, 1.82) is 0 Å². The second-order valence-electron chi connectivity index (χ2n) is 18.1. The third-order valence-corrected chi connectivity index (χ3v) is 12.4. The van der Waals surface area contributed by atoms with Gasteiger partial charge >= 0.3 is 0 Å². The van der Waals surface area contributed by atoms with Crippen LogP contribution in [-0.2, 0) is 12.8 Å². The molecular weight excluding hydrogens is 701 g/mol. The van der Waals surface area contributed by atoms with Gasteiger partial charge in [0.05, 0.1) is 17.1 Å². The topological polar surface area (TPSA) is 24.7 Å². The van der Waals surface area contributed by atoms with Crippen LogP contribution in [0.5, 0.6) is 0 Å². The van der Waals surface area contributed by atoms with Crippen LogP contribution in [0, 0.1) is 0 Å². The molecule has 0 aliphatic carbocycles. The Labute approximate surface area is 362 Å². The van der Waals surface area contributed by atoms with Crippen LogP contribution in [-0.4, -0.2) is 11.9 Å². The van der Waals surface area contributed by atoms with Gasteiger partial charge in [-0.2, -0.15) is 0 Å². The van der Waals surface area contributed by atoms with Crippen molar-refractivity contribution in [2.75, 3.05) is 0 Å². The summed E-state index contributed by atoms with van der Waals surface area (Å²) in [7, 11) is 0. The van der Waals surface area contributed by atoms with Gasteiger partial charge in [-0.1, -0.05) is 257 Å². The zero-order valence-corrected chi connectivity index (χ0v) is 39.2. The normalized spacial score (nSPS) is 12.0. The fraction of sp³-hybridized carbons (Fsp3) is 0.750. The van der Waals surface area contributed by atoms with Crippen LogP contribution >= 0.6 is 0 Å². The van der Waals surface area contributed by atoms with E-state index in [9.17, 15) is 0 Å². The third-order valence-electron chi connectivity index (χ3n) is 12.4. The highest BCUT2D eigenvalue weighted by molar-refractivity contribution is 6.31. The Balaban J connectivity index is 1.58. The largest absolute Gasteiger partial charge is 0.255 e. The van der Waals surface area contributed by atoms with Crippen molar-refractivity contribution >= 4 is 23.3 Å². The maximum absolute atomic E-state index is 5.12. The molecular formula is C56H96N2. The molecule has 2 nitrogen and oxygen atoms in total. The smallest absolute Gasteiger partial charge is 0.0636 e. The van der Waals surface area contributed by atoms with Gasteiger partial charge in [-0.15, -0.1) is 0 Å². The van der Waals surface area contributed by atoms with Crippen molar-refractivity contribution in [2.24, 2.45) is 9.98 Å². The SMILES string of the molecule is CCCCCCCCCCCCCCCCCCCc1cccc(N=CC(CCCC)=Nc2cccc(CCCCCCCCCCCCCCCCCCC)c2)c1. The Bertz CT molecular complexity index is 1230. The summed E-state index contributed by atoms with van der Waals surface area (Å²) in [5, 5.41) is 0. The molecule has 0 unspecified atom stereocenters. The fourth-order valence-corrected chi connectivity index (χ4v) is 8.50. The molecule has 0 saturated carbocycles. The van der Waals surface area contributed by atoms with Gasteiger partial charge in [-0.25, -0.2) is 0 Å². The molecule has 0 amide bonds. The molecule has 0 aromatic heterocycles. The van der Waals surface area contributed by atoms with E-state index in [0.29, 0.717) is 0 Å². The molecule has 0 radical (unpaired) electrons. The second-order valence-corrected chi connectivity index (χ2v) is 18.1. The Morgan fingerprint density at radius 3 is 1.03 bits per heavy atom. The first kappa shape index (κ1) is 51.9. The van der Waals surface area contributed by atoms with Crippen molar-refractivity contribution in [3.8, 4) is 0 Å². The number of aliphatic imine (C=N–C) groups is 2. The van der Waals surface area contributed by atoms with E-state index < -0.39 is 0 Å². The summed E-state index contributed by atoms with van der Waals surface area (Å²) in [4.78, 5) is 10.1. The van der Waals surface area contributed by atoms with E-state index in [1.165, 1.54) is 236 Å². The number of nitrogens with zero attached hydrogens (tertiary/aromatic N) is 2. The lowest BCUT2D eigenvalue weighted by atomic mass is 10.0. The quantitative estimate of drug-likeness (QED) is 0.0472. The lowest BCUT2D eigenvalue weighted by molar-refractivity contribution is 0.527. The Morgan fingerprint density at radius 1 is 0.362 bits per heavy atom. The van der Waals surface area contributed by atoms with Crippen molar-refractivity contribution in [3.05, 3.63) is 59.7 Å². The summed E-state index contributed by atoms with van der Waals surface area (Å²) in [5.74, 6) is 0. The summed E-state index contributed by atoms with van der Waals surface area (Å²) in [6, 6.07) is 17.9. The molecule has 0 saturated heterocycles. The van der Waals surface area contributed by atoms with Gasteiger partial charge in [0.2, 0.25) is 0 Å². The van der Waals surface area contributed by atoms with E-state index in [0.717, 1.165) is 42.8 Å². The lowest BCUT2D eigenvalue weighted by Gasteiger charge is -2.06. The van der Waals surface area contributed by atoms with Crippen molar-refractivity contribution in [1.82, 2.24) is 0 Å². The molecule has 0 spiro atoms. The van der Waals surface area contributed by atoms with Crippen LogP contribution in [0.2, 0.25) is 0 Å². The number of benzene rings is 2. The Kier molecular flexibility index (Phi) is 36.0. The monoisotopic (exact) mass is 797 g/mol. The van der Waals surface area contributed by atoms with Crippen LogP contribution in [0.25, 0.3) is 0 Å². The molecule has 0 heterocycles. The second kappa shape index (κ2) is 40.2. The fourth-order valence-electron chi connectivity index (χ4n) is 8.50. The van der Waals surface area contributed by atoms with Crippen LogP contribution in [0.3, 0.4) is 0 Å². The molecule has 0 fully saturated rings. The number of hydrogen-bond acceptors (Lipinski definition) is 2. The highest BCUT2D eigenvalue weighted by Gasteiger charge is 2.03. The zero-order chi connectivity index (χ0) is 41.2. The van der Waals surface area contributed by atoms with E-state index in [1.54, 1.807) is 0 Å². The predicted molar refractivity (Wildman–Crippen MR) is 263 cm³/mol. The van der Waals surface area contributed by atoms with Gasteiger partial charge in [-0.3, -0.25) is 9.98 Å². The van der Waals surface area contributed by atoms with Crippen molar-refractivity contribution < 1.29 is 0 Å². The van der Waals surface area contributed by atoms with Gasteiger partial charge in [0.1, 0.15) is 0 Å². The third kappa shape index (κ3) is 31.7. The van der Waals surface area contributed by atoms with E-state index in [2.05, 4.69) is 69.3 Å². The average Bonchev–Trinajstić information content (AvgIpc) is 3.24. The minimum absolute atomic E-state index is 0.975. The first-order valence-electron chi connectivity index (χ1n) is 26.0. The highest BCUT2D eigenvalue weighted by Crippen LogP contribution is 2.21. The lowest BCUT2D eigenvalue weighted by Crippen LogP contribution is -1.99. The standard InChI is InChI=1S/C56H96N2/c1-4-7-10-12-14-16-18-20-22-24-26-28-30-32-34-36-38-42-52-44-40-47-54(49-52)57-51-56(46-9-6-3)58-55-48-41-45-53(50-55)43-39-37-35-33-31-29-27-25-23-21-19-17-15-13-11-8-5-2/h40-41,44-45,47-51H,4-39,42-43,46H2,1-3H3. The minimum Gasteiger partial charge on any atom is -0.255 e. The summed E-state index contributed by atoms with van der Waals surface area (Å²) < 4.78 is 0. The highest BCUT2D eigenvalue weighted by atomic mass is 14.8. The van der Waals surface area contributed by atoms with Crippen LogP contribution in [0.4, 0.5) is 11.4 Å². The molecule has 2 aromatic rings. The predicted octanol–water partition coefficient (Wildman–Crippen LogP) is 19.7. The number of rotatable bonds is 42. The van der Waals surface area contributed by atoms with Crippen LogP contribution < -0.4 is 0 Å². The van der Waals surface area contributed by atoms with Gasteiger partial charge in [0.25, 0.3) is 0 Å². The van der Waals surface area contributed by atoms with Gasteiger partial charge in [0.15, 0.2) is 0 Å². The van der Waals surface area contributed by atoms with E-state index in [-0.39, 0.29) is 0 Å². The van der Waals surface area contributed by atoms with E-state index in [4.69, 9.17) is 9.98 Å². The molecule has 2 aromatic carbocycles. The summed E-state index contributed by atoms with van der Waals surface area (Å²) in [6.07, 6.45) is 56.0. The molecule has 0 aliphatic rings. The average molecular weight is 797 g/mol. The molecule has 0 N–H and O–H groups in total. The van der Waals surface area contributed by atoms with Gasteiger partial charge < -0.3 is 0 Å². The first-order chi connectivity index (χ1) is 28.7. The van der Waals surface area contributed by atoms with E-state index in [1.807, 2.05) is 6.21 Å². The van der Waals surface area contributed by atoms with Crippen LogP contribution in [0.1, 0.15) is 269 Å². The molecule has 330 valence electrons. The first-order valence-corrected chi connectivity index (χ1v) is 26.0. The molecule has 58 heavy (non-hydrogen) atoms. The minimum atomic E-state index is 0.975. The van der Waals surface area contributed by atoms with Gasteiger partial charge in [-0.05, 0) is 73.9 Å². The maximum atomic E-state index is 5.12. The summed E-state index contributed by atoms with van der Waals surface area (Å²) in [6.45, 7) is 6.87. The molecule has 0 atom stereocenters. The molecule has 2 heteroatoms. The summed E-state index contributed by atoms with van der Waals surface area (Å²) in [5.41, 5.74) is 6.07. The molecule has 2 rings (SSSR count). The Hall–Kier alpha value is -2.22. The zero-order valence-electron chi connectivity index (χ0n) is 39.2.